The highest BCUT2D eigenvalue weighted by atomic mass is 16.5. The lowest BCUT2D eigenvalue weighted by Crippen LogP contribution is -2.41. The molecule has 1 fully saturated rings. The second-order valence-corrected chi connectivity index (χ2v) is 6.46. The van der Waals surface area contributed by atoms with Gasteiger partial charge in [0.25, 0.3) is 0 Å². The Hall–Kier alpha value is -3.19. The van der Waals surface area contributed by atoms with Crippen molar-refractivity contribution in [3.05, 3.63) is 60.3 Å². The Balaban J connectivity index is 1.49. The first-order chi connectivity index (χ1) is 13.6. The number of morpholine rings is 1. The van der Waals surface area contributed by atoms with Gasteiger partial charge in [-0.25, -0.2) is 4.98 Å². The second kappa shape index (κ2) is 9.66. The van der Waals surface area contributed by atoms with Crippen LogP contribution in [0.4, 0.5) is 11.5 Å². The Bertz CT molecular complexity index is 815. The maximum atomic E-state index is 12.3. The van der Waals surface area contributed by atoms with Gasteiger partial charge in [0.2, 0.25) is 11.8 Å². The molecule has 1 aliphatic heterocycles. The first kappa shape index (κ1) is 19.6. The number of anilines is 2. The van der Waals surface area contributed by atoms with Crippen LogP contribution >= 0.6 is 0 Å². The van der Waals surface area contributed by atoms with Crippen LogP contribution in [0.5, 0.6) is 0 Å². The minimum atomic E-state index is -0.686. The molecule has 1 aromatic carbocycles. The average Bonchev–Trinajstić information content (AvgIpc) is 2.74. The molecule has 1 unspecified atom stereocenters. The molecule has 1 aromatic heterocycles. The molecule has 0 bridgehead atoms. The Labute approximate surface area is 164 Å². The van der Waals surface area contributed by atoms with Gasteiger partial charge in [-0.1, -0.05) is 30.3 Å². The Morgan fingerprint density at radius 1 is 1.14 bits per heavy atom. The van der Waals surface area contributed by atoms with Crippen LogP contribution in [0, 0.1) is 0 Å². The number of benzene rings is 1. The molecule has 2 aromatic rings. The number of aromatic nitrogens is 1. The van der Waals surface area contributed by atoms with Crippen LogP contribution in [0.15, 0.2) is 54.7 Å². The van der Waals surface area contributed by atoms with Crippen LogP contribution in [0.25, 0.3) is 6.08 Å². The number of nitrogens with zero attached hydrogens (tertiary/aromatic N) is 2. The number of carbonyl (C=O) groups is 2. The van der Waals surface area contributed by atoms with E-state index < -0.39 is 6.04 Å². The van der Waals surface area contributed by atoms with Crippen molar-refractivity contribution in [2.45, 2.75) is 13.0 Å². The van der Waals surface area contributed by atoms with Gasteiger partial charge in [0, 0.05) is 19.2 Å². The molecule has 2 amide bonds. The standard InChI is InChI=1S/C21H24N4O3/c1-16(23-20(26)10-7-17-5-3-2-4-6-17)21(27)24-19-9-8-18(15-22-19)25-11-13-28-14-12-25/h2-10,15-16H,11-14H2,1H3,(H,23,26)(H,22,24,27)/b10-7+. The van der Waals surface area contributed by atoms with Crippen LogP contribution in [0.1, 0.15) is 12.5 Å². The highest BCUT2D eigenvalue weighted by molar-refractivity contribution is 5.99. The van der Waals surface area contributed by atoms with Crippen LogP contribution in [-0.2, 0) is 14.3 Å². The van der Waals surface area contributed by atoms with Gasteiger partial charge in [-0.15, -0.1) is 0 Å². The van der Waals surface area contributed by atoms with Crippen LogP contribution in [0.3, 0.4) is 0 Å². The first-order valence-corrected chi connectivity index (χ1v) is 9.25. The third kappa shape index (κ3) is 5.65. The van der Waals surface area contributed by atoms with E-state index in [1.165, 1.54) is 6.08 Å². The van der Waals surface area contributed by atoms with E-state index in [0.717, 1.165) is 24.3 Å². The van der Waals surface area contributed by atoms with E-state index in [1.54, 1.807) is 25.3 Å². The smallest absolute Gasteiger partial charge is 0.247 e. The van der Waals surface area contributed by atoms with E-state index >= 15 is 0 Å². The van der Waals surface area contributed by atoms with Gasteiger partial charge in [-0.05, 0) is 30.7 Å². The largest absolute Gasteiger partial charge is 0.378 e. The number of rotatable bonds is 6. The molecular weight excluding hydrogens is 356 g/mol. The van der Waals surface area contributed by atoms with Crippen molar-refractivity contribution in [3.8, 4) is 0 Å². The highest BCUT2D eigenvalue weighted by Crippen LogP contribution is 2.16. The van der Waals surface area contributed by atoms with Crippen LogP contribution in [0.2, 0.25) is 0 Å². The zero-order chi connectivity index (χ0) is 19.8. The molecule has 28 heavy (non-hydrogen) atoms. The zero-order valence-corrected chi connectivity index (χ0v) is 15.8. The second-order valence-electron chi connectivity index (χ2n) is 6.46. The summed E-state index contributed by atoms with van der Waals surface area (Å²) >= 11 is 0. The van der Waals surface area contributed by atoms with Gasteiger partial charge < -0.3 is 20.3 Å². The summed E-state index contributed by atoms with van der Waals surface area (Å²) in [6.45, 7) is 4.69. The summed E-state index contributed by atoms with van der Waals surface area (Å²) in [5, 5.41) is 5.36. The predicted molar refractivity (Wildman–Crippen MR) is 109 cm³/mol. The summed E-state index contributed by atoms with van der Waals surface area (Å²) in [6.07, 6.45) is 4.84. The number of hydrogen-bond donors (Lipinski definition) is 2. The molecule has 1 aliphatic rings. The number of amides is 2. The van der Waals surface area contributed by atoms with Crippen molar-refractivity contribution in [3.63, 3.8) is 0 Å². The van der Waals surface area contributed by atoms with Gasteiger partial charge in [0.05, 0.1) is 25.1 Å². The molecule has 0 aliphatic carbocycles. The number of nitrogens with one attached hydrogen (secondary N) is 2. The van der Waals surface area contributed by atoms with Crippen molar-refractivity contribution in [2.75, 3.05) is 36.5 Å². The van der Waals surface area contributed by atoms with Crippen molar-refractivity contribution >= 4 is 29.4 Å². The molecule has 0 saturated carbocycles. The summed E-state index contributed by atoms with van der Waals surface area (Å²) in [5.41, 5.74) is 1.91. The van der Waals surface area contributed by atoms with E-state index in [-0.39, 0.29) is 11.8 Å². The molecule has 2 N–H and O–H groups in total. The predicted octanol–water partition coefficient (Wildman–Crippen LogP) is 2.07. The van der Waals surface area contributed by atoms with Gasteiger partial charge >= 0.3 is 0 Å². The fourth-order valence-electron chi connectivity index (χ4n) is 2.77. The number of ether oxygens (including phenoxy) is 1. The van der Waals surface area contributed by atoms with Gasteiger partial charge in [0.15, 0.2) is 0 Å². The fraction of sp³-hybridized carbons (Fsp3) is 0.286. The lowest BCUT2D eigenvalue weighted by molar-refractivity contribution is -0.123. The van der Waals surface area contributed by atoms with Gasteiger partial charge in [0.1, 0.15) is 11.9 Å². The molecule has 3 rings (SSSR count). The zero-order valence-electron chi connectivity index (χ0n) is 15.8. The van der Waals surface area contributed by atoms with Crippen molar-refractivity contribution in [2.24, 2.45) is 0 Å². The highest BCUT2D eigenvalue weighted by Gasteiger charge is 2.16. The quantitative estimate of drug-likeness (QED) is 0.750. The van der Waals surface area contributed by atoms with Gasteiger partial charge in [-0.2, -0.15) is 0 Å². The Morgan fingerprint density at radius 3 is 2.57 bits per heavy atom. The third-order valence-electron chi connectivity index (χ3n) is 4.35. The maximum absolute atomic E-state index is 12.3. The molecule has 7 nitrogen and oxygen atoms in total. The number of carbonyl (C=O) groups excluding carboxylic acids is 2. The molecular formula is C21H24N4O3. The van der Waals surface area contributed by atoms with E-state index in [0.29, 0.717) is 19.0 Å². The SMILES string of the molecule is CC(NC(=O)/C=C/c1ccccc1)C(=O)Nc1ccc(N2CCOCC2)cn1. The average molecular weight is 380 g/mol. The van der Waals surface area contributed by atoms with E-state index in [4.69, 9.17) is 4.74 Å². The molecule has 7 heteroatoms. The summed E-state index contributed by atoms with van der Waals surface area (Å²) in [6, 6.07) is 12.5. The molecule has 146 valence electrons. The normalized spacial score (nSPS) is 15.2. The molecule has 0 radical (unpaired) electrons. The summed E-state index contributed by atoms with van der Waals surface area (Å²) in [5.74, 6) is -0.210. The van der Waals surface area contributed by atoms with E-state index in [1.807, 2.05) is 36.4 Å². The topological polar surface area (TPSA) is 83.6 Å². The van der Waals surface area contributed by atoms with Crippen LogP contribution < -0.4 is 15.5 Å². The Morgan fingerprint density at radius 2 is 1.89 bits per heavy atom. The summed E-state index contributed by atoms with van der Waals surface area (Å²) < 4.78 is 5.34. The monoisotopic (exact) mass is 380 g/mol. The van der Waals surface area contributed by atoms with Crippen molar-refractivity contribution in [1.29, 1.82) is 0 Å². The van der Waals surface area contributed by atoms with Crippen molar-refractivity contribution in [1.82, 2.24) is 10.3 Å². The van der Waals surface area contributed by atoms with E-state index in [2.05, 4.69) is 20.5 Å². The molecule has 1 atom stereocenters. The molecule has 0 spiro atoms. The van der Waals surface area contributed by atoms with E-state index in [9.17, 15) is 9.59 Å². The number of hydrogen-bond acceptors (Lipinski definition) is 5. The maximum Gasteiger partial charge on any atom is 0.247 e. The minimum absolute atomic E-state index is 0.326. The fourth-order valence-corrected chi connectivity index (χ4v) is 2.77. The number of pyridine rings is 1. The minimum Gasteiger partial charge on any atom is -0.378 e. The summed E-state index contributed by atoms with van der Waals surface area (Å²) in [4.78, 5) is 30.8. The van der Waals surface area contributed by atoms with Gasteiger partial charge in [-0.3, -0.25) is 9.59 Å². The van der Waals surface area contributed by atoms with Crippen LogP contribution in [-0.4, -0.2) is 49.1 Å². The summed E-state index contributed by atoms with van der Waals surface area (Å²) in [7, 11) is 0. The Kier molecular flexibility index (Phi) is 6.75. The third-order valence-corrected chi connectivity index (χ3v) is 4.35. The first-order valence-electron chi connectivity index (χ1n) is 9.25. The van der Waals surface area contributed by atoms with Crippen molar-refractivity contribution < 1.29 is 14.3 Å². The lowest BCUT2D eigenvalue weighted by atomic mass is 10.2. The lowest BCUT2D eigenvalue weighted by Gasteiger charge is -2.28. The molecule has 1 saturated heterocycles. The molecule has 2 heterocycles.